The highest BCUT2D eigenvalue weighted by Gasteiger charge is 2.42. The summed E-state index contributed by atoms with van der Waals surface area (Å²) in [5.41, 5.74) is 7.78. The first kappa shape index (κ1) is 18.5. The maximum atomic E-state index is 12.0. The fourth-order valence-corrected chi connectivity index (χ4v) is 5.36. The van der Waals surface area contributed by atoms with E-state index in [1.165, 1.54) is 5.56 Å². The summed E-state index contributed by atoms with van der Waals surface area (Å²) in [7, 11) is 0. The minimum Gasteiger partial charge on any atom is -0.431 e. The monoisotopic (exact) mass is 408 g/mol. The lowest BCUT2D eigenvalue weighted by Crippen LogP contribution is -2.42. The summed E-state index contributed by atoms with van der Waals surface area (Å²) in [5.74, 6) is 1.45. The molecule has 2 aliphatic heterocycles. The normalized spacial score (nSPS) is 21.6. The van der Waals surface area contributed by atoms with Crippen molar-refractivity contribution in [2.24, 2.45) is 11.7 Å². The number of nitrogens with two attached hydrogens (primary N) is 1. The van der Waals surface area contributed by atoms with E-state index in [0.717, 1.165) is 48.6 Å². The van der Waals surface area contributed by atoms with Crippen LogP contribution in [0.2, 0.25) is 0 Å². The number of fused-ring (bicyclic) bond motifs is 2. The molecule has 2 aliphatic rings. The van der Waals surface area contributed by atoms with E-state index in [-0.39, 0.29) is 12.5 Å². The van der Waals surface area contributed by atoms with Gasteiger partial charge in [0.05, 0.1) is 16.8 Å². The highest BCUT2D eigenvalue weighted by Crippen LogP contribution is 2.33. The molecular formula is C22H24N4O2S. The molecule has 1 aromatic heterocycles. The Kier molecular flexibility index (Phi) is 4.95. The van der Waals surface area contributed by atoms with Crippen LogP contribution in [-0.2, 0) is 11.3 Å². The highest BCUT2D eigenvalue weighted by atomic mass is 32.1. The third kappa shape index (κ3) is 3.73. The molecule has 29 heavy (non-hydrogen) atoms. The van der Waals surface area contributed by atoms with Gasteiger partial charge in [0.25, 0.3) is 5.19 Å². The summed E-state index contributed by atoms with van der Waals surface area (Å²) < 4.78 is 7.07. The molecule has 2 N–H and O–H groups in total. The molecule has 2 fully saturated rings. The van der Waals surface area contributed by atoms with Gasteiger partial charge in [-0.1, -0.05) is 35.6 Å². The van der Waals surface area contributed by atoms with Crippen LogP contribution >= 0.6 is 11.3 Å². The molecule has 0 radical (unpaired) electrons. The summed E-state index contributed by atoms with van der Waals surface area (Å²) in [5, 5.41) is 0.663. The molecule has 150 valence electrons. The van der Waals surface area contributed by atoms with Crippen molar-refractivity contribution >= 4 is 27.5 Å². The van der Waals surface area contributed by atoms with E-state index in [1.807, 2.05) is 35.2 Å². The number of nitrogens with zero attached hydrogens (tertiary/aromatic N) is 3. The Morgan fingerprint density at radius 3 is 2.79 bits per heavy atom. The average molecular weight is 409 g/mol. The smallest absolute Gasteiger partial charge is 0.279 e. The van der Waals surface area contributed by atoms with Gasteiger partial charge in [-0.2, -0.15) is 0 Å². The zero-order valence-electron chi connectivity index (χ0n) is 16.2. The number of thiazole rings is 1. The number of ether oxygens (including phenoxy) is 1. The molecule has 2 aromatic carbocycles. The summed E-state index contributed by atoms with van der Waals surface area (Å²) in [4.78, 5) is 21.0. The van der Waals surface area contributed by atoms with E-state index >= 15 is 0 Å². The average Bonchev–Trinajstić information content (AvgIpc) is 3.42. The number of hydrogen-bond acceptors (Lipinski definition) is 6. The molecule has 3 heterocycles. The number of carbonyl (C=O) groups excluding carboxylic acids is 1. The molecule has 2 unspecified atom stereocenters. The molecule has 0 bridgehead atoms. The first-order chi connectivity index (χ1) is 14.2. The van der Waals surface area contributed by atoms with Crippen LogP contribution in [0.3, 0.4) is 0 Å². The maximum absolute atomic E-state index is 12.0. The fraction of sp³-hybridized carbons (Fsp3) is 0.364. The fourth-order valence-electron chi connectivity index (χ4n) is 4.52. The van der Waals surface area contributed by atoms with Crippen molar-refractivity contribution in [3.05, 3.63) is 54.1 Å². The highest BCUT2D eigenvalue weighted by molar-refractivity contribution is 7.20. The molecule has 0 saturated carbocycles. The Morgan fingerprint density at radius 2 is 2.00 bits per heavy atom. The molecule has 0 spiro atoms. The van der Waals surface area contributed by atoms with Crippen molar-refractivity contribution in [1.82, 2.24) is 14.8 Å². The predicted molar refractivity (Wildman–Crippen MR) is 114 cm³/mol. The van der Waals surface area contributed by atoms with Crippen LogP contribution in [0.15, 0.2) is 48.5 Å². The SMILES string of the molecule is NCC(=O)N1CCC2CN(Cc3ccc(Oc4nc5ccccc5s4)cc3)CC21. The van der Waals surface area contributed by atoms with Gasteiger partial charge in [0, 0.05) is 32.2 Å². The van der Waals surface area contributed by atoms with E-state index in [4.69, 9.17) is 10.5 Å². The van der Waals surface area contributed by atoms with Crippen molar-refractivity contribution in [3.63, 3.8) is 0 Å². The van der Waals surface area contributed by atoms with Crippen LogP contribution in [0.1, 0.15) is 12.0 Å². The Hall–Kier alpha value is -2.48. The maximum Gasteiger partial charge on any atom is 0.279 e. The molecule has 2 atom stereocenters. The van der Waals surface area contributed by atoms with Crippen LogP contribution in [0, 0.1) is 5.92 Å². The van der Waals surface area contributed by atoms with Gasteiger partial charge in [-0.25, -0.2) is 4.98 Å². The number of carbonyl (C=O) groups is 1. The largest absolute Gasteiger partial charge is 0.431 e. The standard InChI is InChI=1S/C22H24N4O2S/c23-11-21(27)26-10-9-16-13-25(14-19(16)26)12-15-5-7-17(8-6-15)28-22-24-18-3-1-2-4-20(18)29-22/h1-8,16,19H,9-14,23H2. The number of amides is 1. The number of benzene rings is 2. The first-order valence-corrected chi connectivity index (χ1v) is 10.9. The number of hydrogen-bond donors (Lipinski definition) is 1. The van der Waals surface area contributed by atoms with Crippen LogP contribution < -0.4 is 10.5 Å². The van der Waals surface area contributed by atoms with E-state index in [1.54, 1.807) is 11.3 Å². The molecular weight excluding hydrogens is 384 g/mol. The van der Waals surface area contributed by atoms with Gasteiger partial charge in [0.15, 0.2) is 0 Å². The summed E-state index contributed by atoms with van der Waals surface area (Å²) in [6.07, 6.45) is 1.09. The van der Waals surface area contributed by atoms with Gasteiger partial charge in [-0.15, -0.1) is 0 Å². The Balaban J connectivity index is 1.20. The van der Waals surface area contributed by atoms with Crippen molar-refractivity contribution in [1.29, 1.82) is 0 Å². The van der Waals surface area contributed by atoms with Gasteiger partial charge in [0.1, 0.15) is 5.75 Å². The second-order valence-electron chi connectivity index (χ2n) is 7.79. The van der Waals surface area contributed by atoms with Gasteiger partial charge < -0.3 is 15.4 Å². The van der Waals surface area contributed by atoms with Gasteiger partial charge >= 0.3 is 0 Å². The Morgan fingerprint density at radius 1 is 1.17 bits per heavy atom. The van der Waals surface area contributed by atoms with Crippen molar-refractivity contribution in [2.45, 2.75) is 19.0 Å². The molecule has 7 heteroatoms. The molecule has 3 aromatic rings. The molecule has 5 rings (SSSR count). The predicted octanol–water partition coefficient (Wildman–Crippen LogP) is 3.08. The van der Waals surface area contributed by atoms with E-state index in [9.17, 15) is 4.79 Å². The van der Waals surface area contributed by atoms with Crippen molar-refractivity contribution < 1.29 is 9.53 Å². The topological polar surface area (TPSA) is 71.7 Å². The third-order valence-corrected chi connectivity index (χ3v) is 6.84. The van der Waals surface area contributed by atoms with E-state index < -0.39 is 0 Å². The summed E-state index contributed by atoms with van der Waals surface area (Å²) in [6.45, 7) is 3.83. The zero-order chi connectivity index (χ0) is 19.8. The molecule has 1 amide bonds. The number of rotatable bonds is 5. The van der Waals surface area contributed by atoms with Crippen molar-refractivity contribution in [2.75, 3.05) is 26.2 Å². The quantitative estimate of drug-likeness (QED) is 0.702. The minimum atomic E-state index is 0.0794. The Bertz CT molecular complexity index is 986. The minimum absolute atomic E-state index is 0.0794. The van der Waals surface area contributed by atoms with Crippen LogP contribution in [-0.4, -0.2) is 52.9 Å². The second-order valence-corrected chi connectivity index (χ2v) is 8.79. The lowest BCUT2D eigenvalue weighted by Gasteiger charge is -2.24. The van der Waals surface area contributed by atoms with Gasteiger partial charge in [0.2, 0.25) is 5.91 Å². The summed E-state index contributed by atoms with van der Waals surface area (Å²) >= 11 is 1.55. The lowest BCUT2D eigenvalue weighted by molar-refractivity contribution is -0.130. The lowest BCUT2D eigenvalue weighted by atomic mass is 10.1. The molecule has 6 nitrogen and oxygen atoms in total. The van der Waals surface area contributed by atoms with Crippen LogP contribution in [0.25, 0.3) is 10.2 Å². The van der Waals surface area contributed by atoms with Gasteiger partial charge in [-0.05, 0) is 42.2 Å². The van der Waals surface area contributed by atoms with Gasteiger partial charge in [-0.3, -0.25) is 9.69 Å². The first-order valence-electron chi connectivity index (χ1n) is 10.0. The molecule has 2 saturated heterocycles. The van der Waals surface area contributed by atoms with Crippen LogP contribution in [0.5, 0.6) is 10.9 Å². The number of likely N-dealkylation sites (tertiary alicyclic amines) is 2. The van der Waals surface area contributed by atoms with E-state index in [0.29, 0.717) is 17.2 Å². The molecule has 0 aliphatic carbocycles. The zero-order valence-corrected chi connectivity index (χ0v) is 17.0. The van der Waals surface area contributed by atoms with Crippen LogP contribution in [0.4, 0.5) is 0 Å². The second kappa shape index (κ2) is 7.74. The number of para-hydroxylation sites is 1. The van der Waals surface area contributed by atoms with E-state index in [2.05, 4.69) is 28.1 Å². The number of aromatic nitrogens is 1. The third-order valence-electron chi connectivity index (χ3n) is 5.93. The van der Waals surface area contributed by atoms with Crippen molar-refractivity contribution in [3.8, 4) is 10.9 Å². The summed E-state index contributed by atoms with van der Waals surface area (Å²) in [6, 6.07) is 16.6. The Labute approximate surface area is 173 Å².